The van der Waals surface area contributed by atoms with Crippen LogP contribution in [-0.4, -0.2) is 75.9 Å². The molecule has 1 aliphatic heterocycles. The highest BCUT2D eigenvalue weighted by atomic mass is 16.5. The van der Waals surface area contributed by atoms with Crippen LogP contribution in [0.2, 0.25) is 0 Å². The maximum absolute atomic E-state index is 10.9. The molecule has 1 fully saturated rings. The smallest absolute Gasteiger partial charge is 0.163 e. The minimum Gasteiger partial charge on any atom is -0.394 e. The molecule has 0 aromatic rings. The largest absolute Gasteiger partial charge is 0.394 e. The topological polar surface area (TPSA) is 159 Å². The Morgan fingerprint density at radius 1 is 1.20 bits per heavy atom. The summed E-state index contributed by atoms with van der Waals surface area (Å²) in [6.45, 7) is 9.34. The van der Waals surface area contributed by atoms with Crippen LogP contribution in [0.4, 0.5) is 0 Å². The second-order valence-electron chi connectivity index (χ2n) is 7.85. The Morgan fingerprint density at radius 2 is 1.72 bits per heavy atom. The molecule has 0 spiro atoms. The van der Waals surface area contributed by atoms with E-state index in [2.05, 4.69) is 0 Å². The third-order valence-corrected chi connectivity index (χ3v) is 4.17. The Balaban J connectivity index is 0.000000504. The van der Waals surface area contributed by atoms with Gasteiger partial charge in [-0.05, 0) is 18.4 Å². The average Bonchev–Trinajstić information content (AvgIpc) is 2.51. The van der Waals surface area contributed by atoms with Gasteiger partial charge in [0.1, 0.15) is 18.3 Å². The molecule has 0 bridgehead atoms. The average molecular weight is 364 g/mol. The van der Waals surface area contributed by atoms with E-state index < -0.39 is 36.6 Å². The number of Topliss-reactive ketones (excluding diaryl/α,β-unsaturated/α-hetero) is 1. The molecule has 0 saturated carbocycles. The van der Waals surface area contributed by atoms with Crippen molar-refractivity contribution in [3.05, 3.63) is 0 Å². The summed E-state index contributed by atoms with van der Waals surface area (Å²) < 4.78 is 5.46. The van der Waals surface area contributed by atoms with Gasteiger partial charge in [-0.3, -0.25) is 4.79 Å². The van der Waals surface area contributed by atoms with E-state index in [-0.39, 0.29) is 23.7 Å². The number of carbonyl (C=O) groups is 1. The van der Waals surface area contributed by atoms with Gasteiger partial charge in [0.2, 0.25) is 0 Å². The molecule has 8 nitrogen and oxygen atoms in total. The van der Waals surface area contributed by atoms with Crippen LogP contribution in [0.15, 0.2) is 0 Å². The number of carbonyl (C=O) groups excluding carboxylic acids is 1. The lowest BCUT2D eigenvalue weighted by molar-refractivity contribution is -0.215. The number of aliphatic hydroxyl groups excluding tert-OH is 4. The van der Waals surface area contributed by atoms with Gasteiger partial charge < -0.3 is 36.6 Å². The Kier molecular flexibility index (Phi) is 10.3. The van der Waals surface area contributed by atoms with E-state index in [1.54, 1.807) is 13.8 Å². The van der Waals surface area contributed by atoms with Gasteiger partial charge in [0, 0.05) is 5.92 Å². The van der Waals surface area contributed by atoms with Gasteiger partial charge in [-0.1, -0.05) is 34.6 Å². The van der Waals surface area contributed by atoms with Gasteiger partial charge >= 0.3 is 0 Å². The lowest BCUT2D eigenvalue weighted by atomic mass is 9.79. The maximum atomic E-state index is 10.9. The van der Waals surface area contributed by atoms with Crippen molar-refractivity contribution in [1.29, 1.82) is 0 Å². The first-order chi connectivity index (χ1) is 11.4. The Bertz CT molecular complexity index is 397. The summed E-state index contributed by atoms with van der Waals surface area (Å²) in [7, 11) is 0. The molecule has 0 amide bonds. The van der Waals surface area contributed by atoms with Crippen molar-refractivity contribution in [2.75, 3.05) is 13.2 Å². The molecule has 0 aromatic carbocycles. The third-order valence-electron chi connectivity index (χ3n) is 4.17. The molecule has 1 heterocycles. The quantitative estimate of drug-likeness (QED) is 0.353. The third kappa shape index (κ3) is 7.26. The molecule has 1 rings (SSSR count). The molecular weight excluding hydrogens is 328 g/mol. The van der Waals surface area contributed by atoms with Crippen molar-refractivity contribution in [1.82, 2.24) is 0 Å². The fourth-order valence-corrected chi connectivity index (χ4v) is 2.55. The van der Waals surface area contributed by atoms with Gasteiger partial charge in [-0.2, -0.15) is 0 Å². The molecule has 8 heteroatoms. The van der Waals surface area contributed by atoms with Gasteiger partial charge in [0.15, 0.2) is 5.78 Å². The van der Waals surface area contributed by atoms with Crippen LogP contribution >= 0.6 is 0 Å². The summed E-state index contributed by atoms with van der Waals surface area (Å²) in [5.41, 5.74) is 10.6. The van der Waals surface area contributed by atoms with Crippen molar-refractivity contribution in [2.45, 2.75) is 77.6 Å². The van der Waals surface area contributed by atoms with Crippen molar-refractivity contribution in [3.8, 4) is 0 Å². The van der Waals surface area contributed by atoms with E-state index in [1.807, 2.05) is 20.8 Å². The molecule has 1 saturated heterocycles. The number of ketones is 1. The Hall–Kier alpha value is -0.610. The number of nitrogens with two attached hydrogens (primary N) is 2. The van der Waals surface area contributed by atoms with E-state index in [0.29, 0.717) is 13.0 Å². The Morgan fingerprint density at radius 3 is 2.08 bits per heavy atom. The maximum Gasteiger partial charge on any atom is 0.163 e. The summed E-state index contributed by atoms with van der Waals surface area (Å²) in [5.74, 6) is -0.216. The molecule has 0 aliphatic carbocycles. The summed E-state index contributed by atoms with van der Waals surface area (Å²) in [5, 5.41) is 37.6. The highest BCUT2D eigenvalue weighted by Crippen LogP contribution is 2.32. The van der Waals surface area contributed by atoms with E-state index in [4.69, 9.17) is 26.4 Å². The van der Waals surface area contributed by atoms with Crippen molar-refractivity contribution in [2.24, 2.45) is 22.8 Å². The van der Waals surface area contributed by atoms with Crippen molar-refractivity contribution in [3.63, 3.8) is 0 Å². The summed E-state index contributed by atoms with van der Waals surface area (Å²) in [6, 6.07) is -0.778. The highest BCUT2D eigenvalue weighted by Gasteiger charge is 2.46. The zero-order valence-electron chi connectivity index (χ0n) is 15.9. The fourth-order valence-electron chi connectivity index (χ4n) is 2.55. The molecule has 150 valence electrons. The molecule has 0 radical (unpaired) electrons. The molecule has 25 heavy (non-hydrogen) atoms. The summed E-state index contributed by atoms with van der Waals surface area (Å²) >= 11 is 0. The van der Waals surface area contributed by atoms with Crippen molar-refractivity contribution < 1.29 is 30.0 Å². The molecule has 8 N–H and O–H groups in total. The number of aliphatic hydroxyl groups is 4. The second kappa shape index (κ2) is 10.5. The minimum atomic E-state index is -1.02. The summed E-state index contributed by atoms with van der Waals surface area (Å²) in [6.07, 6.45) is -3.62. The molecule has 2 unspecified atom stereocenters. The molecule has 0 aromatic heterocycles. The first-order valence-electron chi connectivity index (χ1n) is 8.68. The number of rotatable bonds is 5. The monoisotopic (exact) mass is 364 g/mol. The van der Waals surface area contributed by atoms with Gasteiger partial charge in [-0.25, -0.2) is 0 Å². The lowest BCUT2D eigenvalue weighted by Crippen LogP contribution is -2.64. The van der Waals surface area contributed by atoms with Gasteiger partial charge in [-0.15, -0.1) is 0 Å². The Labute approximate surface area is 150 Å². The van der Waals surface area contributed by atoms with Crippen LogP contribution in [-0.2, 0) is 9.53 Å². The van der Waals surface area contributed by atoms with E-state index >= 15 is 0 Å². The molecule has 1 aliphatic rings. The predicted octanol–water partition coefficient (Wildman–Crippen LogP) is -1.24. The lowest BCUT2D eigenvalue weighted by Gasteiger charge is -2.45. The van der Waals surface area contributed by atoms with Crippen LogP contribution in [0.5, 0.6) is 0 Å². The van der Waals surface area contributed by atoms with Crippen LogP contribution in [0.1, 0.15) is 41.0 Å². The first-order valence-corrected chi connectivity index (χ1v) is 8.68. The second-order valence-corrected chi connectivity index (χ2v) is 7.85. The van der Waals surface area contributed by atoms with Crippen LogP contribution in [0.3, 0.4) is 0 Å². The fraction of sp³-hybridized carbons (Fsp3) is 0.941. The number of hydrogen-bond donors (Lipinski definition) is 6. The predicted molar refractivity (Wildman–Crippen MR) is 94.7 cm³/mol. The van der Waals surface area contributed by atoms with Gasteiger partial charge in [0.25, 0.3) is 0 Å². The normalized spacial score (nSPS) is 31.3. The van der Waals surface area contributed by atoms with Crippen LogP contribution in [0, 0.1) is 11.3 Å². The van der Waals surface area contributed by atoms with E-state index in [1.165, 1.54) is 0 Å². The van der Waals surface area contributed by atoms with E-state index in [9.17, 15) is 15.0 Å². The summed E-state index contributed by atoms with van der Waals surface area (Å²) in [4.78, 5) is 10.9. The van der Waals surface area contributed by atoms with Crippen molar-refractivity contribution >= 4 is 5.78 Å². The van der Waals surface area contributed by atoms with Crippen LogP contribution in [0.25, 0.3) is 0 Å². The zero-order valence-corrected chi connectivity index (χ0v) is 15.9. The first kappa shape index (κ1) is 24.4. The molecule has 6 atom stereocenters. The van der Waals surface area contributed by atoms with Gasteiger partial charge in [0.05, 0.1) is 24.9 Å². The standard InChI is InChI=1S/C10H21NO4.C7H15NO2/c1-10(2,3)9-8(14)6(11)7(13)5(4-12)15-9;1-5(2)7(10)6(9)3-4-8/h5-9,12-14H,4,11H2,1-3H3;5-6,9H,3-4,8H2,1-2H3/t5-,6?,7-,8-,9?;6-/m11/s1. The van der Waals surface area contributed by atoms with Crippen LogP contribution < -0.4 is 11.5 Å². The minimum absolute atomic E-state index is 0.0958. The zero-order chi connectivity index (χ0) is 19.9. The SMILES string of the molecule is CC(C)(C)C1O[C@H](CO)[C@@H](O)C(N)[C@H]1O.CC(C)C(=O)[C@H](O)CCN. The molecular formula is C17H36N2O6. The highest BCUT2D eigenvalue weighted by molar-refractivity contribution is 5.84. The number of ether oxygens (including phenoxy) is 1. The number of hydrogen-bond acceptors (Lipinski definition) is 8. The van der Waals surface area contributed by atoms with E-state index in [0.717, 1.165) is 0 Å².